The van der Waals surface area contributed by atoms with E-state index in [1.807, 2.05) is 4.90 Å². The zero-order chi connectivity index (χ0) is 13.1. The Morgan fingerprint density at radius 1 is 1.56 bits per heavy atom. The fraction of sp³-hybridized carbons (Fsp3) is 0.538. The van der Waals surface area contributed by atoms with E-state index in [4.69, 9.17) is 9.52 Å². The Hall–Kier alpha value is -1.78. The molecule has 1 amide bonds. The van der Waals surface area contributed by atoms with E-state index >= 15 is 0 Å². The van der Waals surface area contributed by atoms with E-state index in [-0.39, 0.29) is 24.1 Å². The number of likely N-dealkylation sites (tertiary alicyclic amines) is 1. The fourth-order valence-electron chi connectivity index (χ4n) is 2.49. The number of nitrogens with zero attached hydrogens (tertiary/aromatic N) is 1. The van der Waals surface area contributed by atoms with Gasteiger partial charge < -0.3 is 14.4 Å². The van der Waals surface area contributed by atoms with Crippen LogP contribution in [0.15, 0.2) is 16.7 Å². The number of carboxylic acids is 1. The SMILES string of the molecule is CCC1CCCN1C(=O)c1ccoc1CC(=O)O. The average molecular weight is 251 g/mol. The van der Waals surface area contributed by atoms with Crippen molar-refractivity contribution < 1.29 is 19.1 Å². The van der Waals surface area contributed by atoms with Crippen LogP contribution < -0.4 is 0 Å². The third-order valence-electron chi connectivity index (χ3n) is 3.40. The van der Waals surface area contributed by atoms with Crippen molar-refractivity contribution in [3.05, 3.63) is 23.7 Å². The summed E-state index contributed by atoms with van der Waals surface area (Å²) in [5, 5.41) is 8.77. The molecule has 1 unspecified atom stereocenters. The first-order valence-corrected chi connectivity index (χ1v) is 6.22. The van der Waals surface area contributed by atoms with Crippen molar-refractivity contribution in [2.24, 2.45) is 0 Å². The molecule has 1 saturated heterocycles. The van der Waals surface area contributed by atoms with Gasteiger partial charge in [0, 0.05) is 12.6 Å². The highest BCUT2D eigenvalue weighted by Crippen LogP contribution is 2.24. The van der Waals surface area contributed by atoms with Gasteiger partial charge in [0.25, 0.3) is 5.91 Å². The van der Waals surface area contributed by atoms with Gasteiger partial charge in [-0.1, -0.05) is 6.92 Å². The number of rotatable bonds is 4. The van der Waals surface area contributed by atoms with Crippen LogP contribution in [0.4, 0.5) is 0 Å². The predicted octanol–water partition coefficient (Wildman–Crippen LogP) is 1.92. The highest BCUT2D eigenvalue weighted by molar-refractivity contribution is 5.96. The standard InChI is InChI=1S/C13H17NO4/c1-2-9-4-3-6-14(9)13(17)10-5-7-18-11(10)8-12(15)16/h5,7,9H,2-4,6,8H2,1H3,(H,15,16). The summed E-state index contributed by atoms with van der Waals surface area (Å²) in [6, 6.07) is 1.83. The lowest BCUT2D eigenvalue weighted by Gasteiger charge is -2.23. The summed E-state index contributed by atoms with van der Waals surface area (Å²) in [6.07, 6.45) is 4.09. The number of furan rings is 1. The van der Waals surface area contributed by atoms with Gasteiger partial charge in [0.05, 0.1) is 11.8 Å². The van der Waals surface area contributed by atoms with E-state index in [1.165, 1.54) is 6.26 Å². The topological polar surface area (TPSA) is 70.8 Å². The number of carbonyl (C=O) groups is 2. The zero-order valence-electron chi connectivity index (χ0n) is 10.4. The molecule has 98 valence electrons. The quantitative estimate of drug-likeness (QED) is 0.887. The highest BCUT2D eigenvalue weighted by atomic mass is 16.4. The molecule has 0 radical (unpaired) electrons. The summed E-state index contributed by atoms with van der Waals surface area (Å²) in [5.41, 5.74) is 0.387. The van der Waals surface area contributed by atoms with E-state index in [2.05, 4.69) is 6.92 Å². The van der Waals surface area contributed by atoms with E-state index < -0.39 is 5.97 Å². The minimum Gasteiger partial charge on any atom is -0.481 e. The van der Waals surface area contributed by atoms with E-state index in [0.29, 0.717) is 5.56 Å². The molecular formula is C13H17NO4. The lowest BCUT2D eigenvalue weighted by atomic mass is 10.1. The molecule has 18 heavy (non-hydrogen) atoms. The largest absolute Gasteiger partial charge is 0.481 e. The van der Waals surface area contributed by atoms with Crippen LogP contribution in [0, 0.1) is 0 Å². The summed E-state index contributed by atoms with van der Waals surface area (Å²) in [5.74, 6) is -0.855. The van der Waals surface area contributed by atoms with Crippen LogP contribution in [-0.4, -0.2) is 34.5 Å². The smallest absolute Gasteiger partial charge is 0.311 e. The first kappa shape index (κ1) is 12.7. The molecule has 1 aliphatic rings. The highest BCUT2D eigenvalue weighted by Gasteiger charge is 2.30. The molecule has 5 nitrogen and oxygen atoms in total. The molecule has 1 aliphatic heterocycles. The third-order valence-corrected chi connectivity index (χ3v) is 3.40. The van der Waals surface area contributed by atoms with Gasteiger partial charge in [0.1, 0.15) is 12.2 Å². The molecule has 0 aliphatic carbocycles. The number of hydrogen-bond donors (Lipinski definition) is 1. The fourth-order valence-corrected chi connectivity index (χ4v) is 2.49. The Morgan fingerprint density at radius 3 is 3.00 bits per heavy atom. The third kappa shape index (κ3) is 2.39. The van der Waals surface area contributed by atoms with Gasteiger partial charge in [-0.2, -0.15) is 0 Å². The molecule has 1 N–H and O–H groups in total. The lowest BCUT2D eigenvalue weighted by Crippen LogP contribution is -2.35. The maximum absolute atomic E-state index is 12.4. The maximum atomic E-state index is 12.4. The Morgan fingerprint density at radius 2 is 2.33 bits per heavy atom. The van der Waals surface area contributed by atoms with Gasteiger partial charge in [-0.15, -0.1) is 0 Å². The van der Waals surface area contributed by atoms with Crippen LogP contribution in [0.1, 0.15) is 42.3 Å². The molecule has 1 fully saturated rings. The molecule has 5 heteroatoms. The van der Waals surface area contributed by atoms with Crippen LogP contribution >= 0.6 is 0 Å². The zero-order valence-corrected chi connectivity index (χ0v) is 10.4. The van der Waals surface area contributed by atoms with Gasteiger partial charge in [-0.05, 0) is 25.3 Å². The van der Waals surface area contributed by atoms with Crippen LogP contribution in [0.25, 0.3) is 0 Å². The molecule has 0 spiro atoms. The predicted molar refractivity (Wildman–Crippen MR) is 64.4 cm³/mol. The molecule has 0 aromatic carbocycles. The Balaban J connectivity index is 2.18. The molecule has 1 atom stereocenters. The van der Waals surface area contributed by atoms with Crippen LogP contribution in [0.2, 0.25) is 0 Å². The number of hydrogen-bond acceptors (Lipinski definition) is 3. The summed E-state index contributed by atoms with van der Waals surface area (Å²) in [6.45, 7) is 2.80. The molecule has 2 rings (SSSR count). The Kier molecular flexibility index (Phi) is 3.69. The molecule has 0 bridgehead atoms. The first-order valence-electron chi connectivity index (χ1n) is 6.22. The van der Waals surface area contributed by atoms with Crippen molar-refractivity contribution >= 4 is 11.9 Å². The van der Waals surface area contributed by atoms with Crippen LogP contribution in [-0.2, 0) is 11.2 Å². The number of carboxylic acid groups (broad SMARTS) is 1. The van der Waals surface area contributed by atoms with Crippen molar-refractivity contribution in [1.29, 1.82) is 0 Å². The summed E-state index contributed by atoms with van der Waals surface area (Å²) in [4.78, 5) is 24.9. The monoisotopic (exact) mass is 251 g/mol. The minimum atomic E-state index is -0.993. The molecule has 1 aromatic heterocycles. The van der Waals surface area contributed by atoms with Gasteiger partial charge in [0.2, 0.25) is 0 Å². The number of aliphatic carboxylic acids is 1. The first-order chi connectivity index (χ1) is 8.63. The van der Waals surface area contributed by atoms with Crippen molar-refractivity contribution in [2.75, 3.05) is 6.54 Å². The second-order valence-electron chi connectivity index (χ2n) is 4.53. The van der Waals surface area contributed by atoms with E-state index in [9.17, 15) is 9.59 Å². The molecule has 1 aromatic rings. The maximum Gasteiger partial charge on any atom is 0.311 e. The molecule has 2 heterocycles. The van der Waals surface area contributed by atoms with Gasteiger partial charge in [-0.25, -0.2) is 0 Å². The lowest BCUT2D eigenvalue weighted by molar-refractivity contribution is -0.136. The van der Waals surface area contributed by atoms with Crippen molar-refractivity contribution in [2.45, 2.75) is 38.6 Å². The second kappa shape index (κ2) is 5.25. The average Bonchev–Trinajstić information content (AvgIpc) is 2.95. The second-order valence-corrected chi connectivity index (χ2v) is 4.53. The van der Waals surface area contributed by atoms with Crippen molar-refractivity contribution in [3.8, 4) is 0 Å². The molecular weight excluding hydrogens is 234 g/mol. The van der Waals surface area contributed by atoms with Crippen LogP contribution in [0.3, 0.4) is 0 Å². The van der Waals surface area contributed by atoms with Crippen molar-refractivity contribution in [1.82, 2.24) is 4.90 Å². The van der Waals surface area contributed by atoms with Crippen LogP contribution in [0.5, 0.6) is 0 Å². The minimum absolute atomic E-state index is 0.107. The van der Waals surface area contributed by atoms with E-state index in [0.717, 1.165) is 25.8 Å². The number of amides is 1. The van der Waals surface area contributed by atoms with Gasteiger partial charge >= 0.3 is 5.97 Å². The molecule has 0 saturated carbocycles. The summed E-state index contributed by atoms with van der Waals surface area (Å²) < 4.78 is 5.10. The normalized spacial score (nSPS) is 19.2. The Bertz CT molecular complexity index is 452. The van der Waals surface area contributed by atoms with Gasteiger partial charge in [0.15, 0.2) is 0 Å². The summed E-state index contributed by atoms with van der Waals surface area (Å²) >= 11 is 0. The van der Waals surface area contributed by atoms with Crippen molar-refractivity contribution in [3.63, 3.8) is 0 Å². The van der Waals surface area contributed by atoms with Gasteiger partial charge in [-0.3, -0.25) is 9.59 Å². The van der Waals surface area contributed by atoms with E-state index in [1.54, 1.807) is 6.07 Å². The number of carbonyl (C=O) groups excluding carboxylic acids is 1. The Labute approximate surface area is 105 Å². The summed E-state index contributed by atoms with van der Waals surface area (Å²) in [7, 11) is 0.